The average molecular weight is 301 g/mol. The molecule has 2 heterocycles. The van der Waals surface area contributed by atoms with Gasteiger partial charge in [-0.05, 0) is 20.5 Å². The van der Waals surface area contributed by atoms with Gasteiger partial charge in [0, 0.05) is 24.7 Å². The molecule has 6 heteroatoms. The second-order valence-electron chi connectivity index (χ2n) is 5.73. The fraction of sp³-hybridized carbons (Fsp3) is 0.375. The van der Waals surface area contributed by atoms with E-state index in [9.17, 15) is 9.90 Å². The smallest absolute Gasteiger partial charge is 0.343 e. The van der Waals surface area contributed by atoms with Crippen molar-refractivity contribution in [1.82, 2.24) is 10.1 Å². The van der Waals surface area contributed by atoms with Gasteiger partial charge in [-0.3, -0.25) is 0 Å². The summed E-state index contributed by atoms with van der Waals surface area (Å²) in [5.41, 5.74) is 0.868. The summed E-state index contributed by atoms with van der Waals surface area (Å²) in [4.78, 5) is 15.9. The van der Waals surface area contributed by atoms with Gasteiger partial charge >= 0.3 is 5.97 Å². The van der Waals surface area contributed by atoms with E-state index in [1.54, 1.807) is 0 Å². The molecule has 0 amide bonds. The van der Waals surface area contributed by atoms with E-state index in [2.05, 4.69) is 10.1 Å². The normalized spacial score (nSPS) is 18.1. The molecule has 1 N–H and O–H groups in total. The van der Waals surface area contributed by atoms with Gasteiger partial charge in [-0.2, -0.15) is 0 Å². The van der Waals surface area contributed by atoms with E-state index in [0.29, 0.717) is 17.6 Å². The molecular formula is C16H19N3O3. The third-order valence-corrected chi connectivity index (χ3v) is 4.12. The zero-order chi connectivity index (χ0) is 15.7. The van der Waals surface area contributed by atoms with Crippen molar-refractivity contribution in [2.24, 2.45) is 0 Å². The van der Waals surface area contributed by atoms with Gasteiger partial charge in [0.05, 0.1) is 0 Å². The van der Waals surface area contributed by atoms with E-state index in [1.165, 1.54) is 0 Å². The number of benzene rings is 1. The second-order valence-corrected chi connectivity index (χ2v) is 5.73. The maximum atomic E-state index is 11.7. The molecule has 1 aliphatic heterocycles. The van der Waals surface area contributed by atoms with Crippen molar-refractivity contribution >= 4 is 11.8 Å². The van der Waals surface area contributed by atoms with Crippen LogP contribution in [0.2, 0.25) is 0 Å². The van der Waals surface area contributed by atoms with Crippen LogP contribution in [0.15, 0.2) is 34.9 Å². The standard InChI is InChI=1S/C16H19N3O3/c1-18(2)12-8-9-19(10-12)15-13(16(20)21)14(22-17-15)11-6-4-3-5-7-11/h3-7,12H,8-10H2,1-2H3,(H,20,21)/t12-/m0/s1. The van der Waals surface area contributed by atoms with Crippen molar-refractivity contribution in [3.63, 3.8) is 0 Å². The van der Waals surface area contributed by atoms with Crippen LogP contribution in [0.1, 0.15) is 16.8 Å². The van der Waals surface area contributed by atoms with Gasteiger partial charge in [-0.15, -0.1) is 0 Å². The summed E-state index contributed by atoms with van der Waals surface area (Å²) in [5, 5.41) is 13.6. The average Bonchev–Trinajstić information content (AvgIpc) is 3.14. The van der Waals surface area contributed by atoms with E-state index >= 15 is 0 Å². The number of anilines is 1. The Morgan fingerprint density at radius 1 is 1.36 bits per heavy atom. The molecule has 1 saturated heterocycles. The van der Waals surface area contributed by atoms with Gasteiger partial charge in [0.1, 0.15) is 0 Å². The highest BCUT2D eigenvalue weighted by Crippen LogP contribution is 2.33. The summed E-state index contributed by atoms with van der Waals surface area (Å²) in [5.74, 6) is -0.268. The molecule has 0 radical (unpaired) electrons. The molecule has 0 spiro atoms. The number of hydrogen-bond donors (Lipinski definition) is 1. The predicted molar refractivity (Wildman–Crippen MR) is 83.2 cm³/mol. The van der Waals surface area contributed by atoms with Crippen LogP contribution in [0.25, 0.3) is 11.3 Å². The zero-order valence-electron chi connectivity index (χ0n) is 12.7. The summed E-state index contributed by atoms with van der Waals surface area (Å²) in [6.07, 6.45) is 0.986. The van der Waals surface area contributed by atoms with Crippen LogP contribution in [-0.2, 0) is 0 Å². The van der Waals surface area contributed by atoms with Gasteiger partial charge in [0.15, 0.2) is 17.1 Å². The number of rotatable bonds is 4. The van der Waals surface area contributed by atoms with Crippen molar-refractivity contribution in [1.29, 1.82) is 0 Å². The highest BCUT2D eigenvalue weighted by Gasteiger charge is 2.32. The first-order valence-electron chi connectivity index (χ1n) is 7.27. The monoisotopic (exact) mass is 301 g/mol. The molecule has 1 aliphatic rings. The summed E-state index contributed by atoms with van der Waals surface area (Å²) < 4.78 is 5.37. The number of hydrogen-bond acceptors (Lipinski definition) is 5. The fourth-order valence-electron chi connectivity index (χ4n) is 2.83. The number of likely N-dealkylation sites (N-methyl/N-ethyl adjacent to an activating group) is 1. The molecule has 6 nitrogen and oxygen atoms in total. The molecule has 1 aromatic carbocycles. The molecule has 0 aliphatic carbocycles. The van der Waals surface area contributed by atoms with Crippen molar-refractivity contribution in [2.75, 3.05) is 32.1 Å². The predicted octanol–water partition coefficient (Wildman–Crippen LogP) is 2.18. The Morgan fingerprint density at radius 3 is 2.68 bits per heavy atom. The van der Waals surface area contributed by atoms with Gasteiger partial charge in [0.25, 0.3) is 0 Å². The van der Waals surface area contributed by atoms with Crippen LogP contribution in [0.5, 0.6) is 0 Å². The quantitative estimate of drug-likeness (QED) is 0.933. The molecule has 0 saturated carbocycles. The minimum absolute atomic E-state index is 0.144. The minimum atomic E-state index is -1.01. The van der Waals surface area contributed by atoms with Crippen LogP contribution in [-0.4, -0.2) is 54.4 Å². The summed E-state index contributed by atoms with van der Waals surface area (Å²) in [6, 6.07) is 9.62. The number of nitrogens with zero attached hydrogens (tertiary/aromatic N) is 3. The first-order chi connectivity index (χ1) is 10.6. The topological polar surface area (TPSA) is 69.8 Å². The second kappa shape index (κ2) is 5.81. The van der Waals surface area contributed by atoms with Crippen LogP contribution < -0.4 is 4.90 Å². The number of carboxylic acids is 1. The van der Waals surface area contributed by atoms with Gasteiger partial charge < -0.3 is 19.4 Å². The zero-order valence-corrected chi connectivity index (χ0v) is 12.7. The lowest BCUT2D eigenvalue weighted by Crippen LogP contribution is -2.32. The number of carboxylic acid groups (broad SMARTS) is 1. The number of aromatic nitrogens is 1. The van der Waals surface area contributed by atoms with Gasteiger partial charge in [-0.1, -0.05) is 35.5 Å². The summed E-state index contributed by atoms with van der Waals surface area (Å²) >= 11 is 0. The largest absolute Gasteiger partial charge is 0.477 e. The van der Waals surface area contributed by atoms with Gasteiger partial charge in [0.2, 0.25) is 0 Å². The number of aromatic carboxylic acids is 1. The molecule has 22 heavy (non-hydrogen) atoms. The Labute approximate surface area is 128 Å². The fourth-order valence-corrected chi connectivity index (χ4v) is 2.83. The molecule has 1 atom stereocenters. The molecular weight excluding hydrogens is 282 g/mol. The lowest BCUT2D eigenvalue weighted by molar-refractivity contribution is 0.0698. The Balaban J connectivity index is 1.97. The van der Waals surface area contributed by atoms with E-state index in [1.807, 2.05) is 49.3 Å². The molecule has 3 rings (SSSR count). The highest BCUT2D eigenvalue weighted by molar-refractivity contribution is 5.99. The highest BCUT2D eigenvalue weighted by atomic mass is 16.5. The van der Waals surface area contributed by atoms with E-state index in [-0.39, 0.29) is 5.56 Å². The molecule has 0 unspecified atom stereocenters. The maximum absolute atomic E-state index is 11.7. The SMILES string of the molecule is CN(C)[C@H]1CCN(c2noc(-c3ccccc3)c2C(=O)O)C1. The van der Waals surface area contributed by atoms with Crippen molar-refractivity contribution < 1.29 is 14.4 Å². The Morgan fingerprint density at radius 2 is 2.09 bits per heavy atom. The van der Waals surface area contributed by atoms with Crippen molar-refractivity contribution in [3.05, 3.63) is 35.9 Å². The Hall–Kier alpha value is -2.34. The van der Waals surface area contributed by atoms with E-state index < -0.39 is 5.97 Å². The van der Waals surface area contributed by atoms with E-state index in [0.717, 1.165) is 25.1 Å². The molecule has 2 aromatic rings. The molecule has 1 aromatic heterocycles. The Kier molecular flexibility index (Phi) is 3.85. The van der Waals surface area contributed by atoms with Crippen molar-refractivity contribution in [3.8, 4) is 11.3 Å². The van der Waals surface area contributed by atoms with Gasteiger partial charge in [-0.25, -0.2) is 4.79 Å². The first kappa shape index (κ1) is 14.6. The van der Waals surface area contributed by atoms with Crippen LogP contribution in [0.4, 0.5) is 5.82 Å². The van der Waals surface area contributed by atoms with Crippen molar-refractivity contribution in [2.45, 2.75) is 12.5 Å². The molecule has 116 valence electrons. The minimum Gasteiger partial charge on any atom is -0.477 e. The third kappa shape index (κ3) is 2.57. The van der Waals surface area contributed by atoms with Crippen LogP contribution in [0.3, 0.4) is 0 Å². The summed E-state index contributed by atoms with van der Waals surface area (Å²) in [6.45, 7) is 1.54. The van der Waals surface area contributed by atoms with E-state index in [4.69, 9.17) is 4.52 Å². The third-order valence-electron chi connectivity index (χ3n) is 4.12. The maximum Gasteiger partial charge on any atom is 0.343 e. The van der Waals surface area contributed by atoms with Crippen LogP contribution >= 0.6 is 0 Å². The molecule has 0 bridgehead atoms. The number of carbonyl (C=O) groups is 1. The Bertz CT molecular complexity index is 667. The van der Waals surface area contributed by atoms with Crippen LogP contribution in [0, 0.1) is 0 Å². The summed E-state index contributed by atoms with van der Waals surface area (Å²) in [7, 11) is 4.06. The molecule has 1 fully saturated rings. The lowest BCUT2D eigenvalue weighted by atomic mass is 10.1. The first-order valence-corrected chi connectivity index (χ1v) is 7.27. The lowest BCUT2D eigenvalue weighted by Gasteiger charge is -2.20.